The molecule has 3 heterocycles. The molecule has 0 aliphatic carbocycles. The lowest BCUT2D eigenvalue weighted by Crippen LogP contribution is -2.48. The summed E-state index contributed by atoms with van der Waals surface area (Å²) in [6, 6.07) is 10.4. The van der Waals surface area contributed by atoms with Gasteiger partial charge in [0.25, 0.3) is 0 Å². The fourth-order valence-electron chi connectivity index (χ4n) is 4.48. The number of ether oxygens (including phenoxy) is 2. The summed E-state index contributed by atoms with van der Waals surface area (Å²) in [6.45, 7) is 12.1. The molecule has 0 bridgehead atoms. The Kier molecular flexibility index (Phi) is 6.73. The van der Waals surface area contributed by atoms with E-state index in [0.717, 1.165) is 82.6 Å². The number of morpholine rings is 1. The highest BCUT2D eigenvalue weighted by atomic mass is 16.5. The van der Waals surface area contributed by atoms with Gasteiger partial charge in [-0.1, -0.05) is 12.1 Å². The van der Waals surface area contributed by atoms with Crippen molar-refractivity contribution >= 4 is 0 Å². The van der Waals surface area contributed by atoms with E-state index in [1.165, 1.54) is 5.56 Å². The molecule has 7 nitrogen and oxygen atoms in total. The second-order valence-corrected chi connectivity index (χ2v) is 8.72. The predicted molar refractivity (Wildman–Crippen MR) is 116 cm³/mol. The Morgan fingerprint density at radius 2 is 1.87 bits per heavy atom. The Morgan fingerprint density at radius 1 is 1.10 bits per heavy atom. The number of likely N-dealkylation sites (tertiary alicyclic amines) is 1. The molecule has 4 rings (SSSR count). The molecular weight excluding hydrogens is 380 g/mol. The normalized spacial score (nSPS) is 23.2. The highest BCUT2D eigenvalue weighted by molar-refractivity contribution is 5.27. The molecule has 2 fully saturated rings. The Labute approximate surface area is 179 Å². The number of nitrogens with zero attached hydrogens (tertiary/aromatic N) is 4. The molecule has 7 heteroatoms. The van der Waals surface area contributed by atoms with Gasteiger partial charge in [-0.25, -0.2) is 0 Å². The zero-order valence-electron chi connectivity index (χ0n) is 18.2. The molecule has 0 saturated carbocycles. The zero-order chi connectivity index (χ0) is 21.0. The van der Waals surface area contributed by atoms with Gasteiger partial charge >= 0.3 is 0 Å². The molecule has 2 saturated heterocycles. The molecule has 2 aliphatic rings. The van der Waals surface area contributed by atoms with Crippen LogP contribution in [0.25, 0.3) is 0 Å². The van der Waals surface area contributed by atoms with Crippen LogP contribution in [-0.4, -0.2) is 82.8 Å². The van der Waals surface area contributed by atoms with Crippen LogP contribution >= 0.6 is 0 Å². The Morgan fingerprint density at radius 3 is 2.57 bits per heavy atom. The lowest BCUT2D eigenvalue weighted by Gasteiger charge is -2.33. The van der Waals surface area contributed by atoms with Gasteiger partial charge in [-0.3, -0.25) is 14.5 Å². The fraction of sp³-hybridized carbons (Fsp3) is 0.609. The van der Waals surface area contributed by atoms with Gasteiger partial charge < -0.3 is 14.6 Å². The van der Waals surface area contributed by atoms with Crippen LogP contribution in [0.1, 0.15) is 23.4 Å². The van der Waals surface area contributed by atoms with Crippen molar-refractivity contribution in [3.63, 3.8) is 0 Å². The maximum absolute atomic E-state index is 11.0. The Bertz CT molecular complexity index is 816. The molecule has 164 valence electrons. The highest BCUT2D eigenvalue weighted by Gasteiger charge is 2.37. The van der Waals surface area contributed by atoms with Gasteiger partial charge in [-0.2, -0.15) is 5.10 Å². The summed E-state index contributed by atoms with van der Waals surface area (Å²) in [6.07, 6.45) is 0.831. The number of β-amino-alcohol motifs (C(OH)–C–C–N with tert-alkyl or cyclic N) is 1. The average molecular weight is 415 g/mol. The van der Waals surface area contributed by atoms with Crippen LogP contribution in [0, 0.1) is 13.8 Å². The molecule has 2 aromatic rings. The van der Waals surface area contributed by atoms with Crippen LogP contribution < -0.4 is 4.74 Å². The molecule has 1 N–H and O–H groups in total. The van der Waals surface area contributed by atoms with Gasteiger partial charge in [-0.05, 0) is 44.0 Å². The van der Waals surface area contributed by atoms with Gasteiger partial charge in [0, 0.05) is 45.0 Å². The Hall–Kier alpha value is -1.93. The molecule has 0 spiro atoms. The minimum atomic E-state index is -0.608. The molecule has 1 aromatic heterocycles. The van der Waals surface area contributed by atoms with Crippen molar-refractivity contribution < 1.29 is 14.6 Å². The Balaban J connectivity index is 1.22. The van der Waals surface area contributed by atoms with Crippen molar-refractivity contribution in [3.8, 4) is 5.75 Å². The van der Waals surface area contributed by atoms with E-state index in [9.17, 15) is 5.11 Å². The predicted octanol–water partition coefficient (Wildman–Crippen LogP) is 1.85. The summed E-state index contributed by atoms with van der Waals surface area (Å²) < 4.78 is 13.3. The lowest BCUT2D eigenvalue weighted by molar-refractivity contribution is -0.0266. The SMILES string of the molecule is Cc1cc(C)n(CCOc2ccc(CN3CC[C@@](O)(CN4CCOCC4)C3)cc2)n1. The minimum absolute atomic E-state index is 0.599. The van der Waals surface area contributed by atoms with E-state index in [-0.39, 0.29) is 0 Å². The summed E-state index contributed by atoms with van der Waals surface area (Å²) in [5.41, 5.74) is 2.83. The molecule has 0 radical (unpaired) electrons. The maximum atomic E-state index is 11.0. The smallest absolute Gasteiger partial charge is 0.119 e. The topological polar surface area (TPSA) is 63.0 Å². The van der Waals surface area contributed by atoms with Crippen molar-refractivity contribution in [1.29, 1.82) is 0 Å². The van der Waals surface area contributed by atoms with E-state index in [1.54, 1.807) is 0 Å². The molecule has 1 aromatic carbocycles. The van der Waals surface area contributed by atoms with Gasteiger partial charge in [-0.15, -0.1) is 0 Å². The molecule has 0 amide bonds. The summed E-state index contributed by atoms with van der Waals surface area (Å²) in [5.74, 6) is 0.880. The van der Waals surface area contributed by atoms with Crippen LogP contribution in [0.4, 0.5) is 0 Å². The van der Waals surface area contributed by atoms with Crippen molar-refractivity contribution in [2.75, 3.05) is 52.5 Å². The van der Waals surface area contributed by atoms with Gasteiger partial charge in [0.1, 0.15) is 12.4 Å². The van der Waals surface area contributed by atoms with Crippen molar-refractivity contribution in [2.45, 2.75) is 39.0 Å². The third-order valence-electron chi connectivity index (χ3n) is 6.04. The fourth-order valence-corrected chi connectivity index (χ4v) is 4.48. The van der Waals surface area contributed by atoms with E-state index in [4.69, 9.17) is 9.47 Å². The summed E-state index contributed by atoms with van der Waals surface area (Å²) in [5, 5.41) is 15.5. The molecule has 2 aliphatic heterocycles. The lowest BCUT2D eigenvalue weighted by atomic mass is 10.0. The number of aromatic nitrogens is 2. The molecular formula is C23H34N4O3. The van der Waals surface area contributed by atoms with E-state index < -0.39 is 5.60 Å². The quantitative estimate of drug-likeness (QED) is 0.711. The second kappa shape index (κ2) is 9.47. The zero-order valence-corrected chi connectivity index (χ0v) is 18.2. The van der Waals surface area contributed by atoms with E-state index in [1.807, 2.05) is 23.7 Å². The van der Waals surface area contributed by atoms with Crippen LogP contribution in [-0.2, 0) is 17.8 Å². The molecule has 0 unspecified atom stereocenters. The van der Waals surface area contributed by atoms with Gasteiger partial charge in [0.05, 0.1) is 31.1 Å². The largest absolute Gasteiger partial charge is 0.492 e. The first-order valence-corrected chi connectivity index (χ1v) is 11.0. The van der Waals surface area contributed by atoms with E-state index in [0.29, 0.717) is 6.61 Å². The number of aliphatic hydroxyl groups is 1. The third kappa shape index (κ3) is 5.60. The van der Waals surface area contributed by atoms with Crippen LogP contribution in [0.3, 0.4) is 0 Å². The number of rotatable bonds is 8. The van der Waals surface area contributed by atoms with Gasteiger partial charge in [0.15, 0.2) is 0 Å². The average Bonchev–Trinajstić information content (AvgIpc) is 3.25. The first-order valence-electron chi connectivity index (χ1n) is 11.0. The number of hydrogen-bond donors (Lipinski definition) is 1. The minimum Gasteiger partial charge on any atom is -0.492 e. The summed E-state index contributed by atoms with van der Waals surface area (Å²) in [7, 11) is 0. The van der Waals surface area contributed by atoms with Gasteiger partial charge in [0.2, 0.25) is 0 Å². The number of hydrogen-bond acceptors (Lipinski definition) is 6. The number of aryl methyl sites for hydroxylation is 2. The summed E-state index contributed by atoms with van der Waals surface area (Å²) >= 11 is 0. The highest BCUT2D eigenvalue weighted by Crippen LogP contribution is 2.25. The van der Waals surface area contributed by atoms with E-state index in [2.05, 4.69) is 40.0 Å². The van der Waals surface area contributed by atoms with Crippen LogP contribution in [0.5, 0.6) is 5.75 Å². The van der Waals surface area contributed by atoms with Crippen molar-refractivity contribution in [2.24, 2.45) is 0 Å². The second-order valence-electron chi connectivity index (χ2n) is 8.72. The molecule has 30 heavy (non-hydrogen) atoms. The third-order valence-corrected chi connectivity index (χ3v) is 6.04. The van der Waals surface area contributed by atoms with Crippen LogP contribution in [0.15, 0.2) is 30.3 Å². The van der Waals surface area contributed by atoms with E-state index >= 15 is 0 Å². The first-order chi connectivity index (χ1) is 14.5. The van der Waals surface area contributed by atoms with Crippen molar-refractivity contribution in [3.05, 3.63) is 47.3 Å². The molecule has 1 atom stereocenters. The van der Waals surface area contributed by atoms with Crippen LogP contribution in [0.2, 0.25) is 0 Å². The standard InChI is InChI=1S/C23H34N4O3/c1-19-15-20(2)27(24-19)11-14-30-22-5-3-21(4-6-22)16-26-8-7-23(28,18-26)17-25-9-12-29-13-10-25/h3-6,15,28H,7-14,16-18H2,1-2H3/t23-/m1/s1. The monoisotopic (exact) mass is 414 g/mol. The van der Waals surface area contributed by atoms with Crippen molar-refractivity contribution in [1.82, 2.24) is 19.6 Å². The summed E-state index contributed by atoms with van der Waals surface area (Å²) in [4.78, 5) is 4.67. The first kappa shape index (κ1) is 21.3. The maximum Gasteiger partial charge on any atom is 0.119 e. The number of benzene rings is 1.